The molecule has 2 aliphatic heterocycles. The first-order valence-electron chi connectivity index (χ1n) is 11.1. The first-order valence-corrected chi connectivity index (χ1v) is 12.3. The molecule has 0 saturated carbocycles. The van der Waals surface area contributed by atoms with Gasteiger partial charge < -0.3 is 14.7 Å². The molecule has 5 rings (SSSR count). The molecule has 9 heteroatoms. The number of carbonyl (C=O) groups excluding carboxylic acids is 1. The molecule has 1 atom stereocenters. The molecule has 0 N–H and O–H groups in total. The van der Waals surface area contributed by atoms with E-state index in [0.717, 1.165) is 60.9 Å². The summed E-state index contributed by atoms with van der Waals surface area (Å²) >= 11 is 7.78. The van der Waals surface area contributed by atoms with E-state index in [9.17, 15) is 4.79 Å². The molecule has 1 amide bonds. The van der Waals surface area contributed by atoms with Crippen LogP contribution in [0.4, 0.5) is 10.8 Å². The Morgan fingerprint density at radius 1 is 1.03 bits per heavy atom. The van der Waals surface area contributed by atoms with Crippen molar-refractivity contribution in [2.75, 3.05) is 49.1 Å². The fourth-order valence-corrected chi connectivity index (χ4v) is 5.62. The molecule has 32 heavy (non-hydrogen) atoms. The number of piperazine rings is 1. The van der Waals surface area contributed by atoms with Gasteiger partial charge in [-0.15, -0.1) is 10.2 Å². The molecule has 0 bridgehead atoms. The second-order valence-corrected chi connectivity index (χ2v) is 9.86. The molecule has 168 valence electrons. The van der Waals surface area contributed by atoms with Crippen LogP contribution in [0.1, 0.15) is 18.4 Å². The summed E-state index contributed by atoms with van der Waals surface area (Å²) in [6.07, 6.45) is 5.87. The zero-order valence-corrected chi connectivity index (χ0v) is 19.7. The molecule has 1 aromatic carbocycles. The van der Waals surface area contributed by atoms with Crippen molar-refractivity contribution in [2.45, 2.75) is 19.8 Å². The average molecular weight is 471 g/mol. The van der Waals surface area contributed by atoms with E-state index < -0.39 is 0 Å². The number of anilines is 2. The Hall–Kier alpha value is -2.58. The van der Waals surface area contributed by atoms with Crippen molar-refractivity contribution in [3.8, 4) is 5.13 Å². The number of hydrogen-bond donors (Lipinski definition) is 0. The number of halogens is 1. The van der Waals surface area contributed by atoms with Gasteiger partial charge in [-0.25, -0.2) is 0 Å². The predicted molar refractivity (Wildman–Crippen MR) is 129 cm³/mol. The molecular formula is C23H27ClN6OS. The molecule has 2 aromatic heterocycles. The Balaban J connectivity index is 1.20. The van der Waals surface area contributed by atoms with Crippen LogP contribution >= 0.6 is 22.9 Å². The van der Waals surface area contributed by atoms with Gasteiger partial charge in [0.05, 0.1) is 5.92 Å². The Morgan fingerprint density at radius 3 is 2.56 bits per heavy atom. The fraction of sp³-hybridized carbons (Fsp3) is 0.435. The molecule has 1 unspecified atom stereocenters. The van der Waals surface area contributed by atoms with E-state index in [0.29, 0.717) is 6.54 Å². The molecule has 7 nitrogen and oxygen atoms in total. The molecule has 4 heterocycles. The van der Waals surface area contributed by atoms with Crippen LogP contribution in [0.3, 0.4) is 0 Å². The largest absolute Gasteiger partial charge is 0.368 e. The van der Waals surface area contributed by atoms with Gasteiger partial charge in [0.1, 0.15) is 0 Å². The second-order valence-electron chi connectivity index (χ2n) is 8.49. The standard InChI is InChI=1S/C23H27ClN6OS/c1-17-6-7-19(24)15-20(17)27-11-13-28(14-12-27)21(31)18-5-4-10-30(16-18)23-26-25-22(32-23)29-8-2-3-9-29/h2-3,6-9,15,18H,4-5,10-14,16H2,1H3. The minimum atomic E-state index is 0.0159. The first kappa shape index (κ1) is 21.3. The lowest BCUT2D eigenvalue weighted by molar-refractivity contribution is -0.136. The number of piperidine rings is 1. The van der Waals surface area contributed by atoms with Gasteiger partial charge in [0.15, 0.2) is 0 Å². The van der Waals surface area contributed by atoms with E-state index >= 15 is 0 Å². The maximum atomic E-state index is 13.3. The molecule has 2 aliphatic rings. The normalized spacial score (nSPS) is 19.4. The summed E-state index contributed by atoms with van der Waals surface area (Å²) in [4.78, 5) is 19.9. The van der Waals surface area contributed by atoms with E-state index in [2.05, 4.69) is 33.0 Å². The van der Waals surface area contributed by atoms with Crippen molar-refractivity contribution in [1.29, 1.82) is 0 Å². The van der Waals surface area contributed by atoms with Gasteiger partial charge in [0.2, 0.25) is 16.2 Å². The van der Waals surface area contributed by atoms with E-state index in [1.807, 2.05) is 46.1 Å². The summed E-state index contributed by atoms with van der Waals surface area (Å²) in [6, 6.07) is 9.96. The Labute approximate surface area is 197 Å². The van der Waals surface area contributed by atoms with Gasteiger partial charge in [0.25, 0.3) is 0 Å². The van der Waals surface area contributed by atoms with Crippen LogP contribution in [0.5, 0.6) is 0 Å². The Kier molecular flexibility index (Phi) is 6.06. The third-order valence-corrected chi connectivity index (χ3v) is 7.61. The van der Waals surface area contributed by atoms with Crippen LogP contribution in [0.2, 0.25) is 5.02 Å². The lowest BCUT2D eigenvalue weighted by Gasteiger charge is -2.40. The summed E-state index contributed by atoms with van der Waals surface area (Å²) in [5.41, 5.74) is 2.39. The highest BCUT2D eigenvalue weighted by Gasteiger charge is 2.32. The van der Waals surface area contributed by atoms with E-state index in [-0.39, 0.29) is 11.8 Å². The number of aromatic nitrogens is 3. The number of rotatable bonds is 4. The molecule has 0 radical (unpaired) electrons. The molecular weight excluding hydrogens is 444 g/mol. The van der Waals surface area contributed by atoms with Crippen molar-refractivity contribution in [3.63, 3.8) is 0 Å². The number of amides is 1. The number of aryl methyl sites for hydroxylation is 1. The molecule has 3 aromatic rings. The minimum Gasteiger partial charge on any atom is -0.368 e. The minimum absolute atomic E-state index is 0.0159. The van der Waals surface area contributed by atoms with Gasteiger partial charge >= 0.3 is 0 Å². The monoisotopic (exact) mass is 470 g/mol. The summed E-state index contributed by atoms with van der Waals surface area (Å²) in [6.45, 7) is 6.91. The highest BCUT2D eigenvalue weighted by atomic mass is 35.5. The van der Waals surface area contributed by atoms with Gasteiger partial charge in [-0.2, -0.15) is 0 Å². The zero-order chi connectivity index (χ0) is 22.1. The van der Waals surface area contributed by atoms with Crippen LogP contribution in [0, 0.1) is 12.8 Å². The Morgan fingerprint density at radius 2 is 1.78 bits per heavy atom. The highest BCUT2D eigenvalue weighted by molar-refractivity contribution is 7.17. The first-order chi connectivity index (χ1) is 15.6. The Bertz CT molecular complexity index is 1080. The SMILES string of the molecule is Cc1ccc(Cl)cc1N1CCN(C(=O)C2CCCN(c3nnc(-n4cccc4)s3)C2)CC1. The van der Waals surface area contributed by atoms with E-state index in [1.165, 1.54) is 11.3 Å². The van der Waals surface area contributed by atoms with Gasteiger partial charge in [-0.3, -0.25) is 9.36 Å². The summed E-state index contributed by atoms with van der Waals surface area (Å²) in [5.74, 6) is 0.287. The average Bonchev–Trinajstić information content (AvgIpc) is 3.53. The van der Waals surface area contributed by atoms with E-state index in [4.69, 9.17) is 11.6 Å². The second kappa shape index (κ2) is 9.11. The van der Waals surface area contributed by atoms with Gasteiger partial charge in [0, 0.05) is 62.4 Å². The summed E-state index contributed by atoms with van der Waals surface area (Å²) in [7, 11) is 0. The quantitative estimate of drug-likeness (QED) is 0.579. The number of benzene rings is 1. The smallest absolute Gasteiger partial charge is 0.227 e. The van der Waals surface area contributed by atoms with E-state index in [1.54, 1.807) is 11.3 Å². The third kappa shape index (κ3) is 4.34. The number of hydrogen-bond acceptors (Lipinski definition) is 6. The van der Waals surface area contributed by atoms with Crippen molar-refractivity contribution >= 4 is 39.7 Å². The zero-order valence-electron chi connectivity index (χ0n) is 18.2. The van der Waals surface area contributed by atoms with Crippen LogP contribution in [0.15, 0.2) is 42.7 Å². The lowest BCUT2D eigenvalue weighted by atomic mass is 9.96. The van der Waals surface area contributed by atoms with Crippen LogP contribution in [-0.2, 0) is 4.79 Å². The molecule has 0 aliphatic carbocycles. The highest BCUT2D eigenvalue weighted by Crippen LogP contribution is 2.30. The van der Waals surface area contributed by atoms with Crippen LogP contribution < -0.4 is 9.80 Å². The van der Waals surface area contributed by atoms with Crippen molar-refractivity contribution in [3.05, 3.63) is 53.3 Å². The maximum Gasteiger partial charge on any atom is 0.227 e. The van der Waals surface area contributed by atoms with Gasteiger partial charge in [-0.05, 0) is 49.6 Å². The fourth-order valence-electron chi connectivity index (χ4n) is 4.60. The van der Waals surface area contributed by atoms with Crippen molar-refractivity contribution < 1.29 is 4.79 Å². The van der Waals surface area contributed by atoms with Crippen LogP contribution in [0.25, 0.3) is 5.13 Å². The predicted octanol–water partition coefficient (Wildman–Crippen LogP) is 3.86. The van der Waals surface area contributed by atoms with Crippen molar-refractivity contribution in [1.82, 2.24) is 19.7 Å². The van der Waals surface area contributed by atoms with Gasteiger partial charge in [-0.1, -0.05) is 29.0 Å². The maximum absolute atomic E-state index is 13.3. The number of carbonyl (C=O) groups is 1. The topological polar surface area (TPSA) is 57.5 Å². The summed E-state index contributed by atoms with van der Waals surface area (Å²) in [5, 5.41) is 11.2. The molecule has 2 saturated heterocycles. The third-order valence-electron chi connectivity index (χ3n) is 6.37. The molecule has 2 fully saturated rings. The lowest BCUT2D eigenvalue weighted by Crippen LogP contribution is -2.52. The number of nitrogens with zero attached hydrogens (tertiary/aromatic N) is 6. The summed E-state index contributed by atoms with van der Waals surface area (Å²) < 4.78 is 1.97. The molecule has 0 spiro atoms. The van der Waals surface area contributed by atoms with Crippen LogP contribution in [-0.4, -0.2) is 64.8 Å². The van der Waals surface area contributed by atoms with Crippen molar-refractivity contribution in [2.24, 2.45) is 5.92 Å².